The number of anilines is 1. The van der Waals surface area contributed by atoms with Crippen molar-refractivity contribution in [3.05, 3.63) is 89.5 Å². The minimum atomic E-state index is -4.52. The second kappa shape index (κ2) is 11.0. The number of amides is 1. The van der Waals surface area contributed by atoms with Gasteiger partial charge in [0.1, 0.15) is 11.5 Å². The number of ether oxygens (including phenoxy) is 2. The van der Waals surface area contributed by atoms with E-state index in [1.807, 2.05) is 48.5 Å². The lowest BCUT2D eigenvalue weighted by atomic mass is 9.99. The summed E-state index contributed by atoms with van der Waals surface area (Å²) in [6.07, 6.45) is -3.16. The standard InChI is InChI=1S/C28H29F3N2O3/c1-35-25-12-7-13-26(36-2)24(25)19-32-16-14-23(15-17-32)33(22-10-4-3-5-11-22)27(34)20-8-6-9-21(18-20)28(29,30)31/h3-13,18,23H,14-17,19H2,1-2H3. The molecule has 190 valence electrons. The van der Waals surface area contributed by atoms with Crippen molar-refractivity contribution >= 4 is 11.6 Å². The van der Waals surface area contributed by atoms with E-state index in [1.54, 1.807) is 19.1 Å². The van der Waals surface area contributed by atoms with Crippen LogP contribution in [0.2, 0.25) is 0 Å². The maximum absolute atomic E-state index is 13.6. The second-order valence-corrected chi connectivity index (χ2v) is 8.74. The van der Waals surface area contributed by atoms with E-state index < -0.39 is 17.6 Å². The van der Waals surface area contributed by atoms with Crippen molar-refractivity contribution in [1.82, 2.24) is 4.90 Å². The number of rotatable bonds is 7. The Morgan fingerprint density at radius 3 is 2.11 bits per heavy atom. The maximum atomic E-state index is 13.6. The molecule has 1 aliphatic heterocycles. The van der Waals surface area contributed by atoms with E-state index in [2.05, 4.69) is 4.90 Å². The molecule has 0 radical (unpaired) electrons. The van der Waals surface area contributed by atoms with E-state index in [-0.39, 0.29) is 11.6 Å². The number of hydrogen-bond donors (Lipinski definition) is 0. The highest BCUT2D eigenvalue weighted by Gasteiger charge is 2.34. The molecule has 0 N–H and O–H groups in total. The van der Waals surface area contributed by atoms with Gasteiger partial charge in [-0.25, -0.2) is 0 Å². The Labute approximate surface area is 209 Å². The van der Waals surface area contributed by atoms with Crippen LogP contribution in [0.25, 0.3) is 0 Å². The summed E-state index contributed by atoms with van der Waals surface area (Å²) in [6, 6.07) is 19.3. The predicted octanol–water partition coefficient (Wildman–Crippen LogP) is 6.03. The lowest BCUT2D eigenvalue weighted by Gasteiger charge is -2.39. The second-order valence-electron chi connectivity index (χ2n) is 8.74. The number of carbonyl (C=O) groups excluding carboxylic acids is 1. The van der Waals surface area contributed by atoms with E-state index in [0.717, 1.165) is 29.2 Å². The van der Waals surface area contributed by atoms with Gasteiger partial charge in [0, 0.05) is 36.9 Å². The third-order valence-corrected chi connectivity index (χ3v) is 6.52. The lowest BCUT2D eigenvalue weighted by molar-refractivity contribution is -0.137. The molecule has 0 atom stereocenters. The predicted molar refractivity (Wildman–Crippen MR) is 133 cm³/mol. The monoisotopic (exact) mass is 498 g/mol. The van der Waals surface area contributed by atoms with Gasteiger partial charge >= 0.3 is 6.18 Å². The Kier molecular flexibility index (Phi) is 7.84. The van der Waals surface area contributed by atoms with Gasteiger partial charge in [-0.2, -0.15) is 13.2 Å². The average Bonchev–Trinajstić information content (AvgIpc) is 2.90. The molecule has 8 heteroatoms. The van der Waals surface area contributed by atoms with Crippen LogP contribution in [0, 0.1) is 0 Å². The third kappa shape index (κ3) is 5.65. The Hall–Kier alpha value is -3.52. The largest absolute Gasteiger partial charge is 0.496 e. The molecule has 0 spiro atoms. The highest BCUT2D eigenvalue weighted by molar-refractivity contribution is 6.06. The Balaban J connectivity index is 1.55. The first-order valence-corrected chi connectivity index (χ1v) is 11.8. The fraction of sp³-hybridized carbons (Fsp3) is 0.321. The molecule has 5 nitrogen and oxygen atoms in total. The zero-order valence-corrected chi connectivity index (χ0v) is 20.3. The van der Waals surface area contributed by atoms with Crippen LogP contribution in [0.15, 0.2) is 72.8 Å². The molecule has 1 amide bonds. The van der Waals surface area contributed by atoms with Gasteiger partial charge < -0.3 is 14.4 Å². The molecular formula is C28H29F3N2O3. The third-order valence-electron chi connectivity index (χ3n) is 6.52. The summed E-state index contributed by atoms with van der Waals surface area (Å²) in [7, 11) is 3.25. The van der Waals surface area contributed by atoms with Crippen LogP contribution in [0.5, 0.6) is 11.5 Å². The van der Waals surface area contributed by atoms with Crippen molar-refractivity contribution < 1.29 is 27.4 Å². The normalized spacial score (nSPS) is 14.9. The first-order valence-electron chi connectivity index (χ1n) is 11.8. The zero-order chi connectivity index (χ0) is 25.7. The van der Waals surface area contributed by atoms with Crippen molar-refractivity contribution in [1.29, 1.82) is 0 Å². The number of alkyl halides is 3. The number of benzene rings is 3. The first kappa shape index (κ1) is 25.6. The molecule has 0 saturated carbocycles. The molecule has 0 aliphatic carbocycles. The van der Waals surface area contributed by atoms with Gasteiger partial charge in [-0.15, -0.1) is 0 Å². The van der Waals surface area contributed by atoms with Gasteiger partial charge in [-0.3, -0.25) is 9.69 Å². The van der Waals surface area contributed by atoms with Crippen LogP contribution in [-0.2, 0) is 12.7 Å². The number of likely N-dealkylation sites (tertiary alicyclic amines) is 1. The lowest BCUT2D eigenvalue weighted by Crippen LogP contribution is -2.47. The molecule has 4 rings (SSSR count). The van der Waals surface area contributed by atoms with Crippen molar-refractivity contribution in [3.8, 4) is 11.5 Å². The van der Waals surface area contributed by atoms with Crippen LogP contribution in [0.1, 0.15) is 34.3 Å². The summed E-state index contributed by atoms with van der Waals surface area (Å²) in [4.78, 5) is 17.5. The minimum Gasteiger partial charge on any atom is -0.496 e. The van der Waals surface area contributed by atoms with E-state index in [4.69, 9.17) is 9.47 Å². The van der Waals surface area contributed by atoms with Gasteiger partial charge in [-0.05, 0) is 55.3 Å². The number of piperidine rings is 1. The first-order chi connectivity index (χ1) is 17.3. The molecule has 0 bridgehead atoms. The molecular weight excluding hydrogens is 469 g/mol. The zero-order valence-electron chi connectivity index (χ0n) is 20.3. The number of carbonyl (C=O) groups is 1. The van der Waals surface area contributed by atoms with Gasteiger partial charge in [0.05, 0.1) is 25.3 Å². The van der Waals surface area contributed by atoms with Gasteiger partial charge in [-0.1, -0.05) is 30.3 Å². The maximum Gasteiger partial charge on any atom is 0.416 e. The van der Waals surface area contributed by atoms with Crippen LogP contribution in [-0.4, -0.2) is 44.2 Å². The smallest absolute Gasteiger partial charge is 0.416 e. The molecule has 3 aromatic rings. The summed E-state index contributed by atoms with van der Waals surface area (Å²) in [5, 5.41) is 0. The number of hydrogen-bond acceptors (Lipinski definition) is 4. The van der Waals surface area contributed by atoms with E-state index in [9.17, 15) is 18.0 Å². The van der Waals surface area contributed by atoms with Crippen LogP contribution >= 0.6 is 0 Å². The van der Waals surface area contributed by atoms with Crippen molar-refractivity contribution in [2.45, 2.75) is 31.6 Å². The summed E-state index contributed by atoms with van der Waals surface area (Å²) >= 11 is 0. The van der Waals surface area contributed by atoms with Crippen LogP contribution in [0.3, 0.4) is 0 Å². The molecule has 36 heavy (non-hydrogen) atoms. The number of methoxy groups -OCH3 is 2. The molecule has 1 aliphatic rings. The molecule has 0 aromatic heterocycles. The van der Waals surface area contributed by atoms with Crippen molar-refractivity contribution in [3.63, 3.8) is 0 Å². The Morgan fingerprint density at radius 1 is 0.917 bits per heavy atom. The Morgan fingerprint density at radius 2 is 1.53 bits per heavy atom. The number of halogens is 3. The van der Waals surface area contributed by atoms with Crippen LogP contribution in [0.4, 0.5) is 18.9 Å². The molecule has 1 saturated heterocycles. The number of nitrogens with zero attached hydrogens (tertiary/aromatic N) is 2. The number of para-hydroxylation sites is 1. The average molecular weight is 499 g/mol. The van der Waals surface area contributed by atoms with Gasteiger partial charge in [0.15, 0.2) is 0 Å². The minimum absolute atomic E-state index is 0.0230. The molecule has 1 fully saturated rings. The fourth-order valence-electron chi connectivity index (χ4n) is 4.69. The molecule has 3 aromatic carbocycles. The topological polar surface area (TPSA) is 42.0 Å². The van der Waals surface area contributed by atoms with Gasteiger partial charge in [0.25, 0.3) is 5.91 Å². The fourth-order valence-corrected chi connectivity index (χ4v) is 4.69. The molecule has 0 unspecified atom stereocenters. The van der Waals surface area contributed by atoms with Crippen molar-refractivity contribution in [2.75, 3.05) is 32.2 Å². The van der Waals surface area contributed by atoms with Crippen molar-refractivity contribution in [2.24, 2.45) is 0 Å². The van der Waals surface area contributed by atoms with Crippen LogP contribution < -0.4 is 14.4 Å². The Bertz CT molecular complexity index is 1150. The quantitative estimate of drug-likeness (QED) is 0.399. The van der Waals surface area contributed by atoms with E-state index >= 15 is 0 Å². The highest BCUT2D eigenvalue weighted by atomic mass is 19.4. The SMILES string of the molecule is COc1cccc(OC)c1CN1CCC(N(C(=O)c2cccc(C(F)(F)F)c2)c2ccccc2)CC1. The molecule has 1 heterocycles. The van der Waals surface area contributed by atoms with E-state index in [0.29, 0.717) is 38.2 Å². The summed E-state index contributed by atoms with van der Waals surface area (Å²) in [5.74, 6) is 1.07. The highest BCUT2D eigenvalue weighted by Crippen LogP contribution is 2.33. The summed E-state index contributed by atoms with van der Waals surface area (Å²) in [5.41, 5.74) is 0.822. The summed E-state index contributed by atoms with van der Waals surface area (Å²) in [6.45, 7) is 2.06. The summed E-state index contributed by atoms with van der Waals surface area (Å²) < 4.78 is 50.9. The van der Waals surface area contributed by atoms with E-state index in [1.165, 1.54) is 12.1 Å². The van der Waals surface area contributed by atoms with Gasteiger partial charge in [0.2, 0.25) is 0 Å².